The van der Waals surface area contributed by atoms with Crippen LogP contribution in [-0.2, 0) is 10.8 Å². The third-order valence-corrected chi connectivity index (χ3v) is 14.9. The van der Waals surface area contributed by atoms with Crippen LogP contribution in [0.4, 0.5) is 0 Å². The van der Waals surface area contributed by atoms with Gasteiger partial charge in [-0.05, 0) is 105 Å². The Morgan fingerprint density at radius 2 is 0.841 bits per heavy atom. The van der Waals surface area contributed by atoms with Gasteiger partial charge in [-0.15, -0.1) is 0 Å². The highest BCUT2D eigenvalue weighted by Gasteiger charge is 2.39. The molecule has 14 rings (SSSR count). The molecule has 0 saturated carbocycles. The van der Waals surface area contributed by atoms with Crippen LogP contribution in [0.5, 0.6) is 0 Å². The predicted octanol–water partition coefficient (Wildman–Crippen LogP) is 16.1. The van der Waals surface area contributed by atoms with Gasteiger partial charge in [-0.3, -0.25) is 0 Å². The summed E-state index contributed by atoms with van der Waals surface area (Å²) in [6, 6.07) is 67.8. The molecule has 0 atom stereocenters. The molecule has 12 aromatic rings. The van der Waals surface area contributed by atoms with E-state index in [0.29, 0.717) is 0 Å². The molecule has 0 radical (unpaired) electrons. The van der Waals surface area contributed by atoms with E-state index in [1.165, 1.54) is 116 Å². The molecule has 0 N–H and O–H groups in total. The molecule has 2 aliphatic carbocycles. The lowest BCUT2D eigenvalue weighted by molar-refractivity contribution is 0.653. The third kappa shape index (κ3) is 4.54. The van der Waals surface area contributed by atoms with Gasteiger partial charge in [-0.2, -0.15) is 0 Å². The Morgan fingerprint density at radius 3 is 1.51 bits per heavy atom. The fourth-order valence-electron chi connectivity index (χ4n) is 11.8. The van der Waals surface area contributed by atoms with Gasteiger partial charge in [0.05, 0.1) is 22.1 Å². The summed E-state index contributed by atoms with van der Waals surface area (Å²) in [5, 5.41) is 7.36. The maximum absolute atomic E-state index is 6.63. The highest BCUT2D eigenvalue weighted by atomic mass is 16.3. The zero-order valence-electron chi connectivity index (χ0n) is 35.6. The number of rotatable bonds is 3. The van der Waals surface area contributed by atoms with E-state index in [4.69, 9.17) is 4.42 Å². The molecule has 63 heavy (non-hydrogen) atoms. The van der Waals surface area contributed by atoms with Crippen molar-refractivity contribution in [2.75, 3.05) is 0 Å². The minimum atomic E-state index is -0.204. The lowest BCUT2D eigenvalue weighted by Crippen LogP contribution is -2.15. The van der Waals surface area contributed by atoms with Gasteiger partial charge in [-0.25, -0.2) is 0 Å². The van der Waals surface area contributed by atoms with Gasteiger partial charge >= 0.3 is 0 Å². The second-order valence-electron chi connectivity index (χ2n) is 18.9. The van der Waals surface area contributed by atoms with Crippen LogP contribution >= 0.6 is 0 Å². The van der Waals surface area contributed by atoms with Crippen molar-refractivity contribution in [2.24, 2.45) is 0 Å². The van der Waals surface area contributed by atoms with Crippen molar-refractivity contribution in [3.8, 4) is 44.8 Å². The van der Waals surface area contributed by atoms with Gasteiger partial charge in [0.25, 0.3) is 0 Å². The summed E-state index contributed by atoms with van der Waals surface area (Å²) >= 11 is 0. The Labute approximate surface area is 365 Å². The minimum absolute atomic E-state index is 0.0840. The van der Waals surface area contributed by atoms with Gasteiger partial charge in [0.15, 0.2) is 0 Å². The molecule has 0 spiro atoms. The Kier molecular flexibility index (Phi) is 6.70. The summed E-state index contributed by atoms with van der Waals surface area (Å²) < 4.78 is 11.6. The number of fused-ring (bicyclic) bond motifs is 16. The van der Waals surface area contributed by atoms with Crippen molar-refractivity contribution < 1.29 is 4.42 Å². The minimum Gasteiger partial charge on any atom is -0.455 e. The lowest BCUT2D eigenvalue weighted by Gasteiger charge is -2.22. The maximum atomic E-state index is 6.63. The first-order valence-electron chi connectivity index (χ1n) is 22.2. The van der Waals surface area contributed by atoms with Crippen LogP contribution in [0.2, 0.25) is 0 Å². The smallest absolute Gasteiger partial charge is 0.143 e. The molecule has 9 aromatic carbocycles. The van der Waals surface area contributed by atoms with E-state index < -0.39 is 0 Å². The molecule has 3 heterocycles. The van der Waals surface area contributed by atoms with Crippen LogP contribution in [0.25, 0.3) is 110 Å². The molecule has 0 aliphatic heterocycles. The second-order valence-corrected chi connectivity index (χ2v) is 18.9. The van der Waals surface area contributed by atoms with Crippen molar-refractivity contribution in [2.45, 2.75) is 38.5 Å². The van der Waals surface area contributed by atoms with E-state index in [-0.39, 0.29) is 10.8 Å². The van der Waals surface area contributed by atoms with Gasteiger partial charge in [0.2, 0.25) is 0 Å². The SMILES string of the molecule is CC1(C)c2ccccc2-c2ccc(-n3c4ccccc4c4ccc(-c5ccc6c7ccccc7n(-c7ccc8c(c7)C(C)(C)c7ccc9c(oc%10ccccc%109)c7-8)c6c5)cc43)cc21. The molecule has 0 fully saturated rings. The number of nitrogens with zero attached hydrogens (tertiary/aromatic N) is 2. The molecule has 0 amide bonds. The number of para-hydroxylation sites is 3. The average Bonchev–Trinajstić information content (AvgIpc) is 4.07. The first-order valence-corrected chi connectivity index (χ1v) is 22.2. The summed E-state index contributed by atoms with van der Waals surface area (Å²) in [5.74, 6) is 0. The molecule has 2 aliphatic rings. The fraction of sp³-hybridized carbons (Fsp3) is 0.100. The molecule has 3 heteroatoms. The average molecular weight is 807 g/mol. The van der Waals surface area contributed by atoms with Crippen molar-refractivity contribution in [3.05, 3.63) is 204 Å². The van der Waals surface area contributed by atoms with Gasteiger partial charge in [0.1, 0.15) is 11.2 Å². The molecule has 3 aromatic heterocycles. The number of hydrogen-bond acceptors (Lipinski definition) is 1. The first-order chi connectivity index (χ1) is 30.8. The quantitative estimate of drug-likeness (QED) is 0.174. The second kappa shape index (κ2) is 12.1. The highest BCUT2D eigenvalue weighted by Crippen LogP contribution is 2.54. The molecule has 0 unspecified atom stereocenters. The van der Waals surface area contributed by atoms with Crippen molar-refractivity contribution in [1.82, 2.24) is 9.13 Å². The Bertz CT molecular complexity index is 3980. The number of furan rings is 1. The van der Waals surface area contributed by atoms with Crippen LogP contribution in [0, 0.1) is 0 Å². The highest BCUT2D eigenvalue weighted by molar-refractivity contribution is 6.14. The molecule has 298 valence electrons. The summed E-state index contributed by atoms with van der Waals surface area (Å²) in [6.07, 6.45) is 0. The summed E-state index contributed by atoms with van der Waals surface area (Å²) in [7, 11) is 0. The predicted molar refractivity (Wildman–Crippen MR) is 263 cm³/mol. The van der Waals surface area contributed by atoms with Crippen molar-refractivity contribution in [1.29, 1.82) is 0 Å². The fourth-order valence-corrected chi connectivity index (χ4v) is 11.8. The van der Waals surface area contributed by atoms with E-state index in [2.05, 4.69) is 219 Å². The van der Waals surface area contributed by atoms with E-state index in [0.717, 1.165) is 16.9 Å². The summed E-state index contributed by atoms with van der Waals surface area (Å²) in [6.45, 7) is 9.45. The van der Waals surface area contributed by atoms with Crippen LogP contribution in [0.1, 0.15) is 49.9 Å². The number of aromatic nitrogens is 2. The number of hydrogen-bond donors (Lipinski definition) is 0. The maximum Gasteiger partial charge on any atom is 0.143 e. The monoisotopic (exact) mass is 806 g/mol. The van der Waals surface area contributed by atoms with Crippen LogP contribution in [0.15, 0.2) is 186 Å². The molecule has 3 nitrogen and oxygen atoms in total. The Balaban J connectivity index is 0.944. The normalized spacial score (nSPS) is 14.6. The zero-order chi connectivity index (χ0) is 41.9. The topological polar surface area (TPSA) is 23.0 Å². The lowest BCUT2D eigenvalue weighted by atomic mass is 9.82. The first kappa shape index (κ1) is 35.0. The van der Waals surface area contributed by atoms with E-state index in [1.54, 1.807) is 0 Å². The Hall–Kier alpha value is -7.62. The van der Waals surface area contributed by atoms with E-state index in [9.17, 15) is 0 Å². The van der Waals surface area contributed by atoms with Crippen molar-refractivity contribution in [3.63, 3.8) is 0 Å². The van der Waals surface area contributed by atoms with Gasteiger partial charge < -0.3 is 13.6 Å². The van der Waals surface area contributed by atoms with Gasteiger partial charge in [0, 0.05) is 60.1 Å². The largest absolute Gasteiger partial charge is 0.455 e. The summed E-state index contributed by atoms with van der Waals surface area (Å²) in [5.41, 5.74) is 21.8. The zero-order valence-corrected chi connectivity index (χ0v) is 35.6. The van der Waals surface area contributed by atoms with E-state index in [1.807, 2.05) is 0 Å². The van der Waals surface area contributed by atoms with E-state index >= 15 is 0 Å². The Morgan fingerprint density at radius 1 is 0.349 bits per heavy atom. The molecular formula is C60H42N2O. The third-order valence-electron chi connectivity index (χ3n) is 14.9. The van der Waals surface area contributed by atoms with Crippen LogP contribution < -0.4 is 0 Å². The van der Waals surface area contributed by atoms with Crippen molar-refractivity contribution >= 4 is 65.6 Å². The molecular weight excluding hydrogens is 765 g/mol. The van der Waals surface area contributed by atoms with Crippen LogP contribution in [0.3, 0.4) is 0 Å². The molecule has 0 saturated heterocycles. The van der Waals surface area contributed by atoms with Crippen LogP contribution in [-0.4, -0.2) is 9.13 Å². The molecule has 0 bridgehead atoms. The summed E-state index contributed by atoms with van der Waals surface area (Å²) in [4.78, 5) is 0. The standard InChI is InChI=1S/C60H42N2O/c1-59(2)48-17-9-5-13-39(48)40-27-23-37(33-50(40)59)61-52-18-10-6-14-41(52)43-25-21-35(31-54(43)61)36-22-26-44-42-15-7-11-19-53(42)62(55(44)32-36)38-24-28-47-51(34-38)60(3,4)49-30-29-46-45-16-8-12-20-56(45)63-58(46)57(47)49/h5-34H,1-4H3. The number of benzene rings is 9. The van der Waals surface area contributed by atoms with Gasteiger partial charge in [-0.1, -0.05) is 155 Å².